The standard InChI is InChI=1S/C15H24N2O2/c1-11(13(16)12-7-5-4-6-8-12)14(19)17-9-15(2,3)10-18/h4-8,11,13,18H,9-10,16H2,1-3H3,(H,17,19). The highest BCUT2D eigenvalue weighted by atomic mass is 16.3. The third-order valence-electron chi connectivity index (χ3n) is 3.31. The van der Waals surface area contributed by atoms with E-state index in [0.29, 0.717) is 6.54 Å². The summed E-state index contributed by atoms with van der Waals surface area (Å²) in [6.07, 6.45) is 0. The second-order valence-electron chi connectivity index (χ2n) is 5.77. The van der Waals surface area contributed by atoms with E-state index in [2.05, 4.69) is 5.32 Å². The molecule has 0 aromatic heterocycles. The molecule has 4 N–H and O–H groups in total. The average molecular weight is 264 g/mol. The van der Waals surface area contributed by atoms with Crippen molar-refractivity contribution in [2.45, 2.75) is 26.8 Å². The lowest BCUT2D eigenvalue weighted by molar-refractivity contribution is -0.125. The molecule has 0 aliphatic carbocycles. The van der Waals surface area contributed by atoms with E-state index in [1.807, 2.05) is 51.1 Å². The number of carbonyl (C=O) groups excluding carboxylic acids is 1. The van der Waals surface area contributed by atoms with Crippen LogP contribution in [-0.4, -0.2) is 24.2 Å². The highest BCUT2D eigenvalue weighted by Gasteiger charge is 2.24. The first-order valence-corrected chi connectivity index (χ1v) is 6.56. The average Bonchev–Trinajstić information content (AvgIpc) is 2.44. The van der Waals surface area contributed by atoms with Crippen molar-refractivity contribution in [3.63, 3.8) is 0 Å². The Morgan fingerprint density at radius 1 is 1.37 bits per heavy atom. The number of aliphatic hydroxyl groups excluding tert-OH is 1. The largest absolute Gasteiger partial charge is 0.396 e. The first kappa shape index (κ1) is 15.7. The molecule has 1 aromatic carbocycles. The summed E-state index contributed by atoms with van der Waals surface area (Å²) in [6.45, 7) is 6.09. The highest BCUT2D eigenvalue weighted by molar-refractivity contribution is 5.79. The van der Waals surface area contributed by atoms with Crippen LogP contribution in [0.25, 0.3) is 0 Å². The third-order valence-corrected chi connectivity index (χ3v) is 3.31. The Morgan fingerprint density at radius 3 is 2.47 bits per heavy atom. The van der Waals surface area contributed by atoms with Gasteiger partial charge in [-0.3, -0.25) is 4.79 Å². The Labute approximate surface area is 115 Å². The minimum absolute atomic E-state index is 0.0341. The summed E-state index contributed by atoms with van der Waals surface area (Å²) in [6, 6.07) is 9.27. The molecule has 0 aliphatic heterocycles. The molecule has 2 atom stereocenters. The van der Waals surface area contributed by atoms with Crippen LogP contribution >= 0.6 is 0 Å². The molecule has 2 unspecified atom stereocenters. The first-order valence-electron chi connectivity index (χ1n) is 6.56. The molecule has 0 fully saturated rings. The van der Waals surface area contributed by atoms with Crippen molar-refractivity contribution in [2.75, 3.05) is 13.2 Å². The smallest absolute Gasteiger partial charge is 0.224 e. The maximum atomic E-state index is 12.0. The SMILES string of the molecule is CC(C(=O)NCC(C)(C)CO)C(N)c1ccccc1. The Hall–Kier alpha value is -1.39. The molecule has 106 valence electrons. The number of hydrogen-bond acceptors (Lipinski definition) is 3. The van der Waals surface area contributed by atoms with Crippen molar-refractivity contribution in [1.29, 1.82) is 0 Å². The van der Waals surface area contributed by atoms with Gasteiger partial charge in [0.05, 0.1) is 5.92 Å². The van der Waals surface area contributed by atoms with Gasteiger partial charge in [0, 0.05) is 24.6 Å². The predicted octanol–water partition coefficient (Wildman–Crippen LogP) is 1.46. The molecule has 19 heavy (non-hydrogen) atoms. The van der Waals surface area contributed by atoms with Crippen LogP contribution in [-0.2, 0) is 4.79 Å². The quantitative estimate of drug-likeness (QED) is 0.728. The Balaban J connectivity index is 2.58. The van der Waals surface area contributed by atoms with Crippen molar-refractivity contribution in [3.8, 4) is 0 Å². The lowest BCUT2D eigenvalue weighted by Gasteiger charge is -2.25. The van der Waals surface area contributed by atoms with Gasteiger partial charge >= 0.3 is 0 Å². The number of aliphatic hydroxyl groups is 1. The van der Waals surface area contributed by atoms with Crippen LogP contribution < -0.4 is 11.1 Å². The van der Waals surface area contributed by atoms with Crippen LogP contribution in [0.1, 0.15) is 32.4 Å². The summed E-state index contributed by atoms with van der Waals surface area (Å²) in [5, 5.41) is 12.0. The minimum atomic E-state index is -0.321. The van der Waals surface area contributed by atoms with Gasteiger partial charge in [0.25, 0.3) is 0 Å². The fourth-order valence-corrected chi connectivity index (χ4v) is 1.67. The van der Waals surface area contributed by atoms with Crippen LogP contribution in [0.3, 0.4) is 0 Å². The number of nitrogens with two attached hydrogens (primary N) is 1. The zero-order valence-corrected chi connectivity index (χ0v) is 11.9. The summed E-state index contributed by atoms with van der Waals surface area (Å²) in [7, 11) is 0. The molecule has 0 saturated heterocycles. The van der Waals surface area contributed by atoms with Gasteiger partial charge in [0.1, 0.15) is 0 Å². The Morgan fingerprint density at radius 2 is 1.95 bits per heavy atom. The number of benzene rings is 1. The lowest BCUT2D eigenvalue weighted by atomic mass is 9.92. The van der Waals surface area contributed by atoms with E-state index in [9.17, 15) is 4.79 Å². The van der Waals surface area contributed by atoms with Crippen molar-refractivity contribution in [1.82, 2.24) is 5.32 Å². The molecule has 1 rings (SSSR count). The van der Waals surface area contributed by atoms with Crippen molar-refractivity contribution >= 4 is 5.91 Å². The van der Waals surface area contributed by atoms with E-state index in [0.717, 1.165) is 5.56 Å². The molecule has 4 nitrogen and oxygen atoms in total. The van der Waals surface area contributed by atoms with Crippen LogP contribution in [0.5, 0.6) is 0 Å². The fraction of sp³-hybridized carbons (Fsp3) is 0.533. The number of carbonyl (C=O) groups is 1. The summed E-state index contributed by atoms with van der Waals surface area (Å²) in [5.74, 6) is -0.394. The molecule has 0 bridgehead atoms. The molecule has 0 spiro atoms. The molecule has 1 aromatic rings. The van der Waals surface area contributed by atoms with Gasteiger partial charge in [-0.25, -0.2) is 0 Å². The van der Waals surface area contributed by atoms with Crippen molar-refractivity contribution in [3.05, 3.63) is 35.9 Å². The van der Waals surface area contributed by atoms with Gasteiger partial charge in [0.15, 0.2) is 0 Å². The van der Waals surface area contributed by atoms with Gasteiger partial charge in [0.2, 0.25) is 5.91 Å². The maximum Gasteiger partial charge on any atom is 0.224 e. The van der Waals surface area contributed by atoms with E-state index in [1.54, 1.807) is 0 Å². The molecular formula is C15H24N2O2. The number of rotatable bonds is 6. The van der Waals surface area contributed by atoms with Crippen molar-refractivity contribution < 1.29 is 9.90 Å². The van der Waals surface area contributed by atoms with Crippen LogP contribution in [0.2, 0.25) is 0 Å². The number of amides is 1. The van der Waals surface area contributed by atoms with Gasteiger partial charge in [-0.2, -0.15) is 0 Å². The van der Waals surface area contributed by atoms with Crippen molar-refractivity contribution in [2.24, 2.45) is 17.1 Å². The molecular weight excluding hydrogens is 240 g/mol. The van der Waals surface area contributed by atoms with E-state index in [-0.39, 0.29) is 29.9 Å². The normalized spacial score (nSPS) is 14.8. The van der Waals surface area contributed by atoms with E-state index in [4.69, 9.17) is 10.8 Å². The zero-order valence-electron chi connectivity index (χ0n) is 11.9. The van der Waals surface area contributed by atoms with E-state index in [1.165, 1.54) is 0 Å². The molecule has 0 saturated carbocycles. The topological polar surface area (TPSA) is 75.3 Å². The number of hydrogen-bond donors (Lipinski definition) is 3. The monoisotopic (exact) mass is 264 g/mol. The summed E-state index contributed by atoms with van der Waals surface area (Å²) in [5.41, 5.74) is 6.74. The van der Waals surface area contributed by atoms with Gasteiger partial charge in [-0.1, -0.05) is 51.1 Å². The molecule has 1 amide bonds. The first-order chi connectivity index (χ1) is 8.87. The molecule has 0 heterocycles. The van der Waals surface area contributed by atoms with Gasteiger partial charge < -0.3 is 16.2 Å². The summed E-state index contributed by atoms with van der Waals surface area (Å²) >= 11 is 0. The Bertz CT molecular complexity index is 404. The number of nitrogens with one attached hydrogen (secondary N) is 1. The van der Waals surface area contributed by atoms with Gasteiger partial charge in [-0.15, -0.1) is 0 Å². The fourth-order valence-electron chi connectivity index (χ4n) is 1.67. The zero-order chi connectivity index (χ0) is 14.5. The predicted molar refractivity (Wildman–Crippen MR) is 76.4 cm³/mol. The lowest BCUT2D eigenvalue weighted by Crippen LogP contribution is -2.41. The Kier molecular flexibility index (Phi) is 5.51. The maximum absolute atomic E-state index is 12.0. The van der Waals surface area contributed by atoms with Gasteiger partial charge in [-0.05, 0) is 5.56 Å². The van der Waals surface area contributed by atoms with Crippen LogP contribution in [0, 0.1) is 11.3 Å². The third kappa shape index (κ3) is 4.65. The van der Waals surface area contributed by atoms with Crippen LogP contribution in [0.15, 0.2) is 30.3 Å². The minimum Gasteiger partial charge on any atom is -0.396 e. The molecule has 4 heteroatoms. The van der Waals surface area contributed by atoms with E-state index < -0.39 is 0 Å². The highest BCUT2D eigenvalue weighted by Crippen LogP contribution is 2.19. The molecule has 0 aliphatic rings. The van der Waals surface area contributed by atoms with Crippen LogP contribution in [0.4, 0.5) is 0 Å². The summed E-state index contributed by atoms with van der Waals surface area (Å²) < 4.78 is 0. The van der Waals surface area contributed by atoms with E-state index >= 15 is 0 Å². The second kappa shape index (κ2) is 6.68. The summed E-state index contributed by atoms with van der Waals surface area (Å²) in [4.78, 5) is 12.0. The molecule has 0 radical (unpaired) electrons. The second-order valence-corrected chi connectivity index (χ2v) is 5.77.